The van der Waals surface area contributed by atoms with Gasteiger partial charge in [-0.15, -0.1) is 0 Å². The van der Waals surface area contributed by atoms with Crippen LogP contribution in [0.5, 0.6) is 0 Å². The second-order valence-electron chi connectivity index (χ2n) is 4.13. The summed E-state index contributed by atoms with van der Waals surface area (Å²) >= 11 is 0. The molecule has 0 aromatic heterocycles. The van der Waals surface area contributed by atoms with E-state index in [9.17, 15) is 0 Å². The van der Waals surface area contributed by atoms with Gasteiger partial charge in [-0.25, -0.2) is 0 Å². The molecule has 0 saturated carbocycles. The lowest BCUT2D eigenvalue weighted by atomic mass is 10.0. The van der Waals surface area contributed by atoms with E-state index in [2.05, 4.69) is 31.2 Å². The van der Waals surface area contributed by atoms with Crippen molar-refractivity contribution in [1.82, 2.24) is 10.2 Å². The third-order valence-electron chi connectivity index (χ3n) is 2.19. The summed E-state index contributed by atoms with van der Waals surface area (Å²) in [6.07, 6.45) is 0. The van der Waals surface area contributed by atoms with E-state index in [0.717, 1.165) is 19.7 Å². The first kappa shape index (κ1) is 13.8. The molecule has 0 fully saturated rings. The van der Waals surface area contributed by atoms with Crippen LogP contribution in [0.3, 0.4) is 0 Å². The summed E-state index contributed by atoms with van der Waals surface area (Å²) in [5.41, 5.74) is 5.62. The highest BCUT2D eigenvalue weighted by Crippen LogP contribution is 2.01. The molecule has 0 aromatic carbocycles. The minimum Gasteiger partial charge on any atom is -0.380 e. The maximum absolute atomic E-state index is 5.71. The molecular weight excluding hydrogens is 178 g/mol. The quantitative estimate of drug-likeness (QED) is 0.578. The van der Waals surface area contributed by atoms with E-state index in [0.29, 0.717) is 13.2 Å². The van der Waals surface area contributed by atoms with E-state index in [1.807, 2.05) is 6.92 Å². The molecule has 4 heteroatoms. The van der Waals surface area contributed by atoms with Crippen molar-refractivity contribution in [2.24, 2.45) is 5.73 Å². The van der Waals surface area contributed by atoms with E-state index < -0.39 is 0 Å². The summed E-state index contributed by atoms with van der Waals surface area (Å²) in [7, 11) is 4.12. The fourth-order valence-corrected chi connectivity index (χ4v) is 1.09. The van der Waals surface area contributed by atoms with Crippen LogP contribution < -0.4 is 11.1 Å². The summed E-state index contributed by atoms with van der Waals surface area (Å²) in [5, 5.41) is 3.42. The number of ether oxygens (including phenoxy) is 1. The van der Waals surface area contributed by atoms with Crippen molar-refractivity contribution >= 4 is 0 Å². The van der Waals surface area contributed by atoms with E-state index in [1.165, 1.54) is 0 Å². The molecule has 1 atom stereocenters. The van der Waals surface area contributed by atoms with Crippen molar-refractivity contribution in [2.45, 2.75) is 19.4 Å². The lowest BCUT2D eigenvalue weighted by Crippen LogP contribution is -2.53. The molecule has 0 spiro atoms. The van der Waals surface area contributed by atoms with Crippen LogP contribution in [-0.4, -0.2) is 57.4 Å². The second kappa shape index (κ2) is 7.17. The van der Waals surface area contributed by atoms with Gasteiger partial charge in [0.1, 0.15) is 0 Å². The summed E-state index contributed by atoms with van der Waals surface area (Å²) in [5.74, 6) is 0. The van der Waals surface area contributed by atoms with Crippen LogP contribution >= 0.6 is 0 Å². The molecule has 0 aromatic rings. The largest absolute Gasteiger partial charge is 0.380 e. The highest BCUT2D eigenvalue weighted by molar-refractivity contribution is 4.84. The monoisotopic (exact) mass is 203 g/mol. The molecule has 0 rings (SSSR count). The van der Waals surface area contributed by atoms with Crippen molar-refractivity contribution in [1.29, 1.82) is 0 Å². The maximum Gasteiger partial charge on any atom is 0.0657 e. The average Bonchev–Trinajstić information content (AvgIpc) is 2.14. The summed E-state index contributed by atoms with van der Waals surface area (Å²) in [6.45, 7) is 8.06. The number of hydrogen-bond donors (Lipinski definition) is 2. The number of likely N-dealkylation sites (N-methyl/N-ethyl adjacent to an activating group) is 1. The number of nitrogens with one attached hydrogen (secondary N) is 1. The van der Waals surface area contributed by atoms with Gasteiger partial charge in [-0.2, -0.15) is 0 Å². The Morgan fingerprint density at radius 2 is 2.07 bits per heavy atom. The van der Waals surface area contributed by atoms with Gasteiger partial charge in [0.15, 0.2) is 0 Å². The van der Waals surface area contributed by atoms with Gasteiger partial charge in [0.25, 0.3) is 0 Å². The maximum atomic E-state index is 5.71. The third kappa shape index (κ3) is 6.32. The molecule has 4 nitrogen and oxygen atoms in total. The van der Waals surface area contributed by atoms with Gasteiger partial charge in [0.2, 0.25) is 0 Å². The smallest absolute Gasteiger partial charge is 0.0657 e. The topological polar surface area (TPSA) is 50.5 Å². The predicted molar refractivity (Wildman–Crippen MR) is 60.5 cm³/mol. The number of hydrogen-bond acceptors (Lipinski definition) is 4. The van der Waals surface area contributed by atoms with E-state index in [1.54, 1.807) is 0 Å². The fraction of sp³-hybridized carbons (Fsp3) is 1.00. The zero-order valence-electron chi connectivity index (χ0n) is 9.97. The molecule has 3 N–H and O–H groups in total. The van der Waals surface area contributed by atoms with Crippen molar-refractivity contribution in [3.05, 3.63) is 0 Å². The molecule has 14 heavy (non-hydrogen) atoms. The van der Waals surface area contributed by atoms with E-state index in [-0.39, 0.29) is 5.54 Å². The highest BCUT2D eigenvalue weighted by atomic mass is 16.5. The molecule has 0 aliphatic carbocycles. The first-order chi connectivity index (χ1) is 6.54. The zero-order chi connectivity index (χ0) is 11.0. The highest BCUT2D eigenvalue weighted by Gasteiger charge is 2.21. The molecular formula is C10H25N3O. The normalized spacial score (nSPS) is 15.9. The Morgan fingerprint density at radius 1 is 1.43 bits per heavy atom. The van der Waals surface area contributed by atoms with Crippen molar-refractivity contribution in [2.75, 3.05) is 46.9 Å². The Balaban J connectivity index is 3.74. The predicted octanol–water partition coefficient (Wildman–Crippen LogP) is -0.108. The van der Waals surface area contributed by atoms with Gasteiger partial charge in [-0.1, -0.05) is 0 Å². The molecule has 0 aliphatic rings. The number of nitrogens with two attached hydrogens (primary N) is 1. The van der Waals surface area contributed by atoms with Gasteiger partial charge >= 0.3 is 0 Å². The van der Waals surface area contributed by atoms with E-state index >= 15 is 0 Å². The van der Waals surface area contributed by atoms with Crippen LogP contribution in [0.1, 0.15) is 13.8 Å². The lowest BCUT2D eigenvalue weighted by Gasteiger charge is -2.29. The molecule has 86 valence electrons. The molecule has 0 heterocycles. The zero-order valence-corrected chi connectivity index (χ0v) is 9.97. The second-order valence-corrected chi connectivity index (χ2v) is 4.13. The molecule has 1 unspecified atom stereocenters. The fourth-order valence-electron chi connectivity index (χ4n) is 1.09. The van der Waals surface area contributed by atoms with Gasteiger partial charge in [-0.3, -0.25) is 0 Å². The van der Waals surface area contributed by atoms with Crippen LogP contribution in [0, 0.1) is 0 Å². The summed E-state index contributed by atoms with van der Waals surface area (Å²) in [6, 6.07) is 0. The van der Waals surface area contributed by atoms with Crippen molar-refractivity contribution in [3.8, 4) is 0 Å². The summed E-state index contributed by atoms with van der Waals surface area (Å²) in [4.78, 5) is 2.14. The van der Waals surface area contributed by atoms with Crippen LogP contribution in [0.2, 0.25) is 0 Å². The molecule has 0 radical (unpaired) electrons. The van der Waals surface area contributed by atoms with Crippen molar-refractivity contribution < 1.29 is 4.74 Å². The summed E-state index contributed by atoms with van der Waals surface area (Å²) < 4.78 is 5.39. The van der Waals surface area contributed by atoms with Crippen molar-refractivity contribution in [3.63, 3.8) is 0 Å². The number of rotatable bonds is 8. The first-order valence-electron chi connectivity index (χ1n) is 5.21. The standard InChI is InChI=1S/C10H25N3O/c1-5-14-9-10(2,8-11)12-6-7-13(3)4/h12H,5-9,11H2,1-4H3. The van der Waals surface area contributed by atoms with Gasteiger partial charge in [-0.05, 0) is 27.9 Å². The van der Waals surface area contributed by atoms with Crippen LogP contribution in [0.15, 0.2) is 0 Å². The van der Waals surface area contributed by atoms with Gasteiger partial charge < -0.3 is 20.7 Å². The SMILES string of the molecule is CCOCC(C)(CN)NCCN(C)C. The van der Waals surface area contributed by atoms with Crippen LogP contribution in [0.25, 0.3) is 0 Å². The molecule has 0 aliphatic heterocycles. The average molecular weight is 203 g/mol. The van der Waals surface area contributed by atoms with Crippen LogP contribution in [0.4, 0.5) is 0 Å². The lowest BCUT2D eigenvalue weighted by molar-refractivity contribution is 0.0868. The first-order valence-corrected chi connectivity index (χ1v) is 5.21. The Labute approximate surface area is 87.8 Å². The molecule has 0 saturated heterocycles. The Kier molecular flexibility index (Phi) is 7.09. The van der Waals surface area contributed by atoms with Gasteiger partial charge in [0, 0.05) is 26.2 Å². The minimum atomic E-state index is -0.0912. The van der Waals surface area contributed by atoms with Gasteiger partial charge in [0.05, 0.1) is 12.1 Å². The Hall–Kier alpha value is -0.160. The van der Waals surface area contributed by atoms with Crippen LogP contribution in [-0.2, 0) is 4.74 Å². The Morgan fingerprint density at radius 3 is 2.50 bits per heavy atom. The minimum absolute atomic E-state index is 0.0912. The van der Waals surface area contributed by atoms with E-state index in [4.69, 9.17) is 10.5 Å². The number of nitrogens with zero attached hydrogens (tertiary/aromatic N) is 1. The third-order valence-corrected chi connectivity index (χ3v) is 2.19. The Bertz CT molecular complexity index is 141. The molecule has 0 bridgehead atoms. The molecule has 0 amide bonds.